The number of hydrogen-bond acceptors (Lipinski definition) is 4. The van der Waals surface area contributed by atoms with Crippen molar-refractivity contribution in [1.82, 2.24) is 19.6 Å². The highest BCUT2D eigenvalue weighted by molar-refractivity contribution is 5.85. The molecular weight excluding hydrogens is 440 g/mol. The zero-order chi connectivity index (χ0) is 24.8. The monoisotopic (exact) mass is 474 g/mol. The molecule has 0 N–H and O–H groups in total. The van der Waals surface area contributed by atoms with Gasteiger partial charge < -0.3 is 14.5 Å². The second kappa shape index (κ2) is 11.2. The second-order valence-electron chi connectivity index (χ2n) is 9.10. The maximum Gasteiger partial charge on any atom is 0.228 e. The van der Waals surface area contributed by atoms with Crippen molar-refractivity contribution in [3.05, 3.63) is 78.1 Å². The summed E-state index contributed by atoms with van der Waals surface area (Å²) < 4.78 is 7.46. The highest BCUT2D eigenvalue weighted by atomic mass is 16.5. The van der Waals surface area contributed by atoms with Gasteiger partial charge in [0.15, 0.2) is 0 Å². The van der Waals surface area contributed by atoms with Gasteiger partial charge >= 0.3 is 0 Å². The maximum atomic E-state index is 13.8. The molecule has 35 heavy (non-hydrogen) atoms. The highest BCUT2D eigenvalue weighted by Crippen LogP contribution is 2.41. The van der Waals surface area contributed by atoms with Gasteiger partial charge in [-0.2, -0.15) is 5.10 Å². The largest absolute Gasteiger partial charge is 0.496 e. The average molecular weight is 475 g/mol. The fraction of sp³-hybridized carbons (Fsp3) is 0.393. The number of nitrogens with zero attached hydrogens (tertiary/aromatic N) is 4. The van der Waals surface area contributed by atoms with E-state index >= 15 is 0 Å². The molecular formula is C28H34N4O3. The van der Waals surface area contributed by atoms with Gasteiger partial charge in [-0.05, 0) is 31.0 Å². The SMILES string of the molecule is CCCCN1C(=O)CCC(C(=O)N(C)Cc2cnn(-c3ccccc3)c2)C1c1ccccc1OC. The van der Waals surface area contributed by atoms with E-state index in [1.54, 1.807) is 18.2 Å². The average Bonchev–Trinajstić information content (AvgIpc) is 3.36. The highest BCUT2D eigenvalue weighted by Gasteiger charge is 2.42. The predicted molar refractivity (Wildman–Crippen MR) is 135 cm³/mol. The first-order valence-corrected chi connectivity index (χ1v) is 12.3. The van der Waals surface area contributed by atoms with Crippen molar-refractivity contribution >= 4 is 11.8 Å². The van der Waals surface area contributed by atoms with E-state index < -0.39 is 0 Å². The Balaban J connectivity index is 1.58. The number of methoxy groups -OCH3 is 1. The van der Waals surface area contributed by atoms with E-state index in [4.69, 9.17) is 4.74 Å². The number of hydrogen-bond donors (Lipinski definition) is 0. The van der Waals surface area contributed by atoms with Crippen LogP contribution in [-0.4, -0.2) is 52.1 Å². The molecule has 0 saturated carbocycles. The van der Waals surface area contributed by atoms with Crippen LogP contribution in [0.1, 0.15) is 49.8 Å². The molecule has 1 aliphatic heterocycles. The van der Waals surface area contributed by atoms with Crippen molar-refractivity contribution in [2.45, 2.75) is 45.2 Å². The summed E-state index contributed by atoms with van der Waals surface area (Å²) in [5, 5.41) is 4.46. The third-order valence-corrected chi connectivity index (χ3v) is 6.69. The van der Waals surface area contributed by atoms with Gasteiger partial charge in [0, 0.05) is 43.9 Å². The first-order valence-electron chi connectivity index (χ1n) is 12.3. The van der Waals surface area contributed by atoms with Crippen molar-refractivity contribution < 1.29 is 14.3 Å². The fourth-order valence-corrected chi connectivity index (χ4v) is 4.90. The van der Waals surface area contributed by atoms with Crippen LogP contribution >= 0.6 is 0 Å². The molecule has 7 nitrogen and oxygen atoms in total. The second-order valence-corrected chi connectivity index (χ2v) is 9.10. The number of rotatable bonds is 9. The molecule has 0 bridgehead atoms. The molecule has 184 valence electrons. The van der Waals surface area contributed by atoms with E-state index in [0.717, 1.165) is 29.7 Å². The smallest absolute Gasteiger partial charge is 0.228 e. The van der Waals surface area contributed by atoms with Gasteiger partial charge in [0.2, 0.25) is 11.8 Å². The Morgan fingerprint density at radius 2 is 1.89 bits per heavy atom. The Kier molecular flexibility index (Phi) is 7.85. The number of piperidine rings is 1. The first kappa shape index (κ1) is 24.5. The van der Waals surface area contributed by atoms with E-state index in [-0.39, 0.29) is 23.8 Å². The third-order valence-electron chi connectivity index (χ3n) is 6.69. The van der Waals surface area contributed by atoms with E-state index in [1.165, 1.54) is 0 Å². The number of aromatic nitrogens is 2. The molecule has 2 amide bonds. The number of amides is 2. The summed E-state index contributed by atoms with van der Waals surface area (Å²) in [5.41, 5.74) is 2.82. The van der Waals surface area contributed by atoms with Gasteiger partial charge in [-0.3, -0.25) is 9.59 Å². The summed E-state index contributed by atoms with van der Waals surface area (Å²) in [6.07, 6.45) is 6.53. The van der Waals surface area contributed by atoms with Crippen molar-refractivity contribution in [3.63, 3.8) is 0 Å². The first-order chi connectivity index (χ1) is 17.0. The lowest BCUT2D eigenvalue weighted by atomic mass is 9.82. The van der Waals surface area contributed by atoms with Crippen LogP contribution in [0.5, 0.6) is 5.75 Å². The van der Waals surface area contributed by atoms with Gasteiger partial charge in [-0.15, -0.1) is 0 Å². The Labute approximate surface area is 207 Å². The fourth-order valence-electron chi connectivity index (χ4n) is 4.90. The number of unbranched alkanes of at least 4 members (excludes halogenated alkanes) is 1. The van der Waals surface area contributed by atoms with Crippen LogP contribution in [0.4, 0.5) is 0 Å². The van der Waals surface area contributed by atoms with Gasteiger partial charge in [-0.25, -0.2) is 4.68 Å². The molecule has 1 saturated heterocycles. The molecule has 0 aliphatic carbocycles. The summed E-state index contributed by atoms with van der Waals surface area (Å²) in [6.45, 7) is 3.19. The molecule has 2 atom stereocenters. The molecule has 1 aliphatic rings. The van der Waals surface area contributed by atoms with Crippen molar-refractivity contribution in [2.24, 2.45) is 5.92 Å². The number of benzene rings is 2. The summed E-state index contributed by atoms with van der Waals surface area (Å²) in [7, 11) is 3.46. The zero-order valence-corrected chi connectivity index (χ0v) is 20.8. The molecule has 2 unspecified atom stereocenters. The summed E-state index contributed by atoms with van der Waals surface area (Å²) in [6, 6.07) is 17.3. The number of likely N-dealkylation sites (tertiary alicyclic amines) is 1. The molecule has 1 fully saturated rings. The summed E-state index contributed by atoms with van der Waals surface area (Å²) in [4.78, 5) is 30.5. The standard InChI is InChI=1S/C28H34N4O3/c1-4-5-17-31-26(33)16-15-24(27(31)23-13-9-10-14-25(23)35-3)28(34)30(2)19-21-18-29-32(20-21)22-11-7-6-8-12-22/h6-14,18,20,24,27H,4-5,15-17,19H2,1-3H3. The minimum absolute atomic E-state index is 0.0300. The van der Waals surface area contributed by atoms with Crippen LogP contribution < -0.4 is 4.74 Å². The normalized spacial score (nSPS) is 17.9. The lowest BCUT2D eigenvalue weighted by Gasteiger charge is -2.42. The Morgan fingerprint density at radius 1 is 1.14 bits per heavy atom. The quantitative estimate of drug-likeness (QED) is 0.454. The minimum Gasteiger partial charge on any atom is -0.496 e. The predicted octanol–water partition coefficient (Wildman–Crippen LogP) is 4.62. The lowest BCUT2D eigenvalue weighted by molar-refractivity contribution is -0.147. The van der Waals surface area contributed by atoms with Crippen LogP contribution in [0, 0.1) is 5.92 Å². The van der Waals surface area contributed by atoms with Crippen LogP contribution in [0.25, 0.3) is 5.69 Å². The number of carbonyl (C=O) groups excluding carboxylic acids is 2. The lowest BCUT2D eigenvalue weighted by Crippen LogP contribution is -2.48. The van der Waals surface area contributed by atoms with E-state index in [1.807, 2.05) is 77.4 Å². The molecule has 2 aromatic carbocycles. The van der Waals surface area contributed by atoms with Crippen LogP contribution in [-0.2, 0) is 16.1 Å². The molecule has 3 aromatic rings. The number of carbonyl (C=O) groups is 2. The Hall–Kier alpha value is -3.61. The van der Waals surface area contributed by atoms with Crippen LogP contribution in [0.15, 0.2) is 67.0 Å². The molecule has 0 spiro atoms. The molecule has 2 heterocycles. The van der Waals surface area contributed by atoms with Crippen LogP contribution in [0.2, 0.25) is 0 Å². The van der Waals surface area contributed by atoms with Crippen molar-refractivity contribution in [2.75, 3.05) is 20.7 Å². The van der Waals surface area contributed by atoms with Crippen molar-refractivity contribution in [1.29, 1.82) is 0 Å². The van der Waals surface area contributed by atoms with Gasteiger partial charge in [0.25, 0.3) is 0 Å². The molecule has 7 heteroatoms. The molecule has 0 radical (unpaired) electrons. The zero-order valence-electron chi connectivity index (χ0n) is 20.8. The topological polar surface area (TPSA) is 67.7 Å². The third kappa shape index (κ3) is 5.39. The van der Waals surface area contributed by atoms with Gasteiger partial charge in [0.05, 0.1) is 31.0 Å². The van der Waals surface area contributed by atoms with Gasteiger partial charge in [0.1, 0.15) is 5.75 Å². The number of ether oxygens (including phenoxy) is 1. The van der Waals surface area contributed by atoms with E-state index in [2.05, 4.69) is 12.0 Å². The molecule has 1 aromatic heterocycles. The number of para-hydroxylation sites is 2. The molecule has 4 rings (SSSR count). The van der Waals surface area contributed by atoms with Crippen molar-refractivity contribution in [3.8, 4) is 11.4 Å². The van der Waals surface area contributed by atoms with E-state index in [0.29, 0.717) is 31.7 Å². The Morgan fingerprint density at radius 3 is 2.63 bits per heavy atom. The minimum atomic E-state index is -0.346. The summed E-state index contributed by atoms with van der Waals surface area (Å²) >= 11 is 0. The Bertz CT molecular complexity index is 1140. The van der Waals surface area contributed by atoms with Gasteiger partial charge in [-0.1, -0.05) is 49.7 Å². The maximum absolute atomic E-state index is 13.8. The summed E-state index contributed by atoms with van der Waals surface area (Å²) in [5.74, 6) is 0.501. The van der Waals surface area contributed by atoms with Crippen LogP contribution in [0.3, 0.4) is 0 Å². The van der Waals surface area contributed by atoms with E-state index in [9.17, 15) is 9.59 Å².